The predicted octanol–water partition coefficient (Wildman–Crippen LogP) is 5.56. The molecule has 0 radical (unpaired) electrons. The number of fused-ring (bicyclic) bond motifs is 1. The zero-order valence-electron chi connectivity index (χ0n) is 19.8. The first-order valence-electron chi connectivity index (χ1n) is 12.2. The largest absolute Gasteiger partial charge is 0.393 e. The van der Waals surface area contributed by atoms with Crippen LogP contribution in [-0.4, -0.2) is 33.1 Å². The highest BCUT2D eigenvalue weighted by molar-refractivity contribution is 5.26. The molecule has 0 aromatic rings. The maximum Gasteiger partial charge on any atom is 0.0651 e. The number of hydrogen-bond acceptors (Lipinski definition) is 3. The third-order valence-corrected chi connectivity index (χ3v) is 8.56. The van der Waals surface area contributed by atoms with Gasteiger partial charge in [0.2, 0.25) is 0 Å². The average Bonchev–Trinajstić information content (AvgIpc) is 3.00. The summed E-state index contributed by atoms with van der Waals surface area (Å²) in [5, 5.41) is 30.2. The molecule has 3 aliphatic rings. The lowest BCUT2D eigenvalue weighted by atomic mass is 9.61. The van der Waals surface area contributed by atoms with Gasteiger partial charge in [-0.1, -0.05) is 56.2 Å². The minimum Gasteiger partial charge on any atom is -0.393 e. The fourth-order valence-corrected chi connectivity index (χ4v) is 6.39. The Bertz CT molecular complexity index is 671. The molecule has 3 saturated carbocycles. The van der Waals surface area contributed by atoms with Gasteiger partial charge in [0.15, 0.2) is 0 Å². The summed E-state index contributed by atoms with van der Waals surface area (Å²) in [6, 6.07) is 0. The molecule has 3 nitrogen and oxygen atoms in total. The first-order valence-corrected chi connectivity index (χ1v) is 12.2. The summed E-state index contributed by atoms with van der Waals surface area (Å²) in [6.45, 7) is 10.7. The van der Waals surface area contributed by atoms with Gasteiger partial charge in [0.1, 0.15) is 0 Å². The number of rotatable bonds is 5. The van der Waals surface area contributed by atoms with Gasteiger partial charge in [-0.3, -0.25) is 0 Å². The predicted molar refractivity (Wildman–Crippen MR) is 124 cm³/mol. The average molecular weight is 417 g/mol. The van der Waals surface area contributed by atoms with Crippen molar-refractivity contribution in [3.05, 3.63) is 35.5 Å². The van der Waals surface area contributed by atoms with Crippen LogP contribution in [0.2, 0.25) is 0 Å². The van der Waals surface area contributed by atoms with Gasteiger partial charge in [-0.15, -0.1) is 0 Å². The maximum absolute atomic E-state index is 10.2. The van der Waals surface area contributed by atoms with E-state index in [4.69, 9.17) is 0 Å². The highest BCUT2D eigenvalue weighted by atomic mass is 16.3. The van der Waals surface area contributed by atoms with Crippen molar-refractivity contribution in [1.82, 2.24) is 0 Å². The molecule has 3 rings (SSSR count). The summed E-state index contributed by atoms with van der Waals surface area (Å²) in [5.74, 6) is 2.00. The minimum atomic E-state index is -0.674. The van der Waals surface area contributed by atoms with E-state index in [1.54, 1.807) is 5.57 Å². The lowest BCUT2D eigenvalue weighted by Gasteiger charge is -2.44. The molecular weight excluding hydrogens is 372 g/mol. The Morgan fingerprint density at radius 3 is 2.33 bits per heavy atom. The Labute approximate surface area is 184 Å². The van der Waals surface area contributed by atoms with Crippen molar-refractivity contribution in [2.75, 3.05) is 0 Å². The topological polar surface area (TPSA) is 60.7 Å². The van der Waals surface area contributed by atoms with Crippen molar-refractivity contribution in [3.8, 4) is 0 Å². The molecule has 3 N–H and O–H groups in total. The van der Waals surface area contributed by atoms with Gasteiger partial charge in [0.05, 0.1) is 17.8 Å². The van der Waals surface area contributed by atoms with Gasteiger partial charge in [-0.05, 0) is 88.4 Å². The van der Waals surface area contributed by atoms with Crippen LogP contribution in [0.25, 0.3) is 0 Å². The molecule has 7 atom stereocenters. The molecule has 0 heterocycles. The molecule has 0 aromatic heterocycles. The molecular formula is C27H44O3. The molecule has 3 heteroatoms. The zero-order valence-corrected chi connectivity index (χ0v) is 19.8. The highest BCUT2D eigenvalue weighted by Gasteiger charge is 2.50. The second-order valence-electron chi connectivity index (χ2n) is 11.3. The van der Waals surface area contributed by atoms with Crippen molar-refractivity contribution in [2.45, 2.75) is 104 Å². The van der Waals surface area contributed by atoms with Gasteiger partial charge in [-0.25, -0.2) is 0 Å². The Hall–Kier alpha value is -0.900. The van der Waals surface area contributed by atoms with E-state index < -0.39 is 17.8 Å². The summed E-state index contributed by atoms with van der Waals surface area (Å²) in [6.07, 6.45) is 16.5. The number of allylic oxidation sites excluding steroid dienone is 4. The zero-order chi connectivity index (χ0) is 22.1. The molecule has 170 valence electrons. The Morgan fingerprint density at radius 1 is 1.03 bits per heavy atom. The SMILES string of the molecule is CC(/C=C/[C@@H](C)[C@H]1CC[C@H]2/C(=C/C=C3\CC(O)C[C@H](O)C3)CCCC12C)C(C)(C)O. The van der Waals surface area contributed by atoms with Crippen molar-refractivity contribution in [2.24, 2.45) is 29.1 Å². The van der Waals surface area contributed by atoms with Crippen LogP contribution in [0, 0.1) is 29.1 Å². The maximum atomic E-state index is 10.2. The lowest BCUT2D eigenvalue weighted by molar-refractivity contribution is 0.0436. The number of hydrogen-bond donors (Lipinski definition) is 3. The van der Waals surface area contributed by atoms with Crippen molar-refractivity contribution < 1.29 is 15.3 Å². The van der Waals surface area contributed by atoms with E-state index in [0.717, 1.165) is 0 Å². The summed E-state index contributed by atoms with van der Waals surface area (Å²) in [7, 11) is 0. The van der Waals surface area contributed by atoms with E-state index in [1.165, 1.54) is 37.7 Å². The van der Waals surface area contributed by atoms with Crippen LogP contribution in [-0.2, 0) is 0 Å². The van der Waals surface area contributed by atoms with E-state index in [1.807, 2.05) is 13.8 Å². The van der Waals surface area contributed by atoms with Crippen LogP contribution >= 0.6 is 0 Å². The van der Waals surface area contributed by atoms with Crippen LogP contribution in [0.15, 0.2) is 35.5 Å². The summed E-state index contributed by atoms with van der Waals surface area (Å²) >= 11 is 0. The smallest absolute Gasteiger partial charge is 0.0651 e. The lowest BCUT2D eigenvalue weighted by Crippen LogP contribution is -2.35. The van der Waals surface area contributed by atoms with Gasteiger partial charge in [0.25, 0.3) is 0 Å². The third kappa shape index (κ3) is 5.29. The first-order chi connectivity index (χ1) is 14.0. The molecule has 3 unspecified atom stereocenters. The number of aliphatic hydroxyl groups is 3. The van der Waals surface area contributed by atoms with Crippen molar-refractivity contribution >= 4 is 0 Å². The summed E-state index contributed by atoms with van der Waals surface area (Å²) in [5.41, 5.74) is 2.43. The molecule has 30 heavy (non-hydrogen) atoms. The van der Waals surface area contributed by atoms with Crippen molar-refractivity contribution in [1.29, 1.82) is 0 Å². The molecule has 0 bridgehead atoms. The standard InChI is InChI=1S/C27H44O3/c1-18(8-9-19(2)26(3,4)30)24-12-13-25-21(7-6-14-27(24,25)5)11-10-20-15-22(28)17-23(29)16-20/h8-11,18-19,22-25,28-30H,6-7,12-17H2,1-5H3/b9-8+,20-10-,21-11+/t18-,19?,22-,23?,24-,25+,27?/m1/s1. The molecule has 3 aliphatic carbocycles. The van der Waals surface area contributed by atoms with Gasteiger partial charge in [-0.2, -0.15) is 0 Å². The second-order valence-corrected chi connectivity index (χ2v) is 11.3. The van der Waals surface area contributed by atoms with Crippen LogP contribution in [0.5, 0.6) is 0 Å². The highest BCUT2D eigenvalue weighted by Crippen LogP contribution is 2.59. The molecule has 0 aromatic carbocycles. The van der Waals surface area contributed by atoms with E-state index >= 15 is 0 Å². The Morgan fingerprint density at radius 2 is 1.70 bits per heavy atom. The summed E-state index contributed by atoms with van der Waals surface area (Å²) < 4.78 is 0. The normalized spacial score (nSPS) is 40.1. The van der Waals surface area contributed by atoms with Crippen LogP contribution in [0.3, 0.4) is 0 Å². The minimum absolute atomic E-state index is 0.152. The Kier molecular flexibility index (Phi) is 7.37. The fourth-order valence-electron chi connectivity index (χ4n) is 6.39. The quantitative estimate of drug-likeness (QED) is 0.514. The molecule has 0 amide bonds. The Balaban J connectivity index is 1.73. The van der Waals surface area contributed by atoms with Gasteiger partial charge in [0, 0.05) is 5.92 Å². The van der Waals surface area contributed by atoms with Crippen molar-refractivity contribution in [3.63, 3.8) is 0 Å². The second kappa shape index (κ2) is 9.30. The third-order valence-electron chi connectivity index (χ3n) is 8.56. The molecule has 3 fully saturated rings. The molecule has 0 aliphatic heterocycles. The van der Waals surface area contributed by atoms with Gasteiger partial charge >= 0.3 is 0 Å². The monoisotopic (exact) mass is 416 g/mol. The first kappa shape index (κ1) is 23.8. The summed E-state index contributed by atoms with van der Waals surface area (Å²) in [4.78, 5) is 0. The van der Waals surface area contributed by atoms with Crippen LogP contribution in [0.1, 0.15) is 86.0 Å². The van der Waals surface area contributed by atoms with Crippen LogP contribution in [0.4, 0.5) is 0 Å². The molecule has 0 saturated heterocycles. The van der Waals surface area contributed by atoms with E-state index in [2.05, 4.69) is 45.1 Å². The van der Waals surface area contributed by atoms with Crippen LogP contribution < -0.4 is 0 Å². The van der Waals surface area contributed by atoms with E-state index in [0.29, 0.717) is 42.4 Å². The van der Waals surface area contributed by atoms with E-state index in [-0.39, 0.29) is 5.92 Å². The van der Waals surface area contributed by atoms with Gasteiger partial charge < -0.3 is 15.3 Å². The number of aliphatic hydroxyl groups excluding tert-OH is 2. The fraction of sp³-hybridized carbons (Fsp3) is 0.778. The molecule has 0 spiro atoms. The van der Waals surface area contributed by atoms with E-state index in [9.17, 15) is 15.3 Å².